The van der Waals surface area contributed by atoms with Gasteiger partial charge in [0, 0.05) is 30.0 Å². The number of benzene rings is 1. The molecule has 11 heteroatoms. The number of hydrogen-bond acceptors (Lipinski definition) is 9. The molecular formula is C18H17N5O6. The van der Waals surface area contributed by atoms with Gasteiger partial charge >= 0.3 is 5.69 Å². The number of hydrazone groups is 1. The molecule has 2 rings (SSSR count). The van der Waals surface area contributed by atoms with E-state index in [0.717, 1.165) is 12.1 Å². The minimum Gasteiger partial charge on any atom is -0.502 e. The Kier molecular flexibility index (Phi) is 7.16. The average Bonchev–Trinajstić information content (AvgIpc) is 2.67. The fraction of sp³-hybridized carbons (Fsp3) is 0.222. The molecule has 0 aliphatic heterocycles. The maximum atomic E-state index is 11.9. The Morgan fingerprint density at radius 3 is 2.90 bits per heavy atom. The third kappa shape index (κ3) is 5.72. The van der Waals surface area contributed by atoms with E-state index < -0.39 is 28.9 Å². The lowest BCUT2D eigenvalue weighted by molar-refractivity contribution is -0.385. The highest BCUT2D eigenvalue weighted by molar-refractivity contribution is 5.84. The lowest BCUT2D eigenvalue weighted by atomic mass is 10.1. The second-order valence-electron chi connectivity index (χ2n) is 5.73. The highest BCUT2D eigenvalue weighted by Gasteiger charge is 2.15. The van der Waals surface area contributed by atoms with Crippen LogP contribution in [0.5, 0.6) is 11.6 Å². The molecule has 0 spiro atoms. The first-order valence-electron chi connectivity index (χ1n) is 8.17. The molecule has 0 aliphatic rings. The maximum Gasteiger partial charge on any atom is 0.311 e. The van der Waals surface area contributed by atoms with Crippen molar-refractivity contribution in [3.63, 3.8) is 0 Å². The molecule has 1 heterocycles. The summed E-state index contributed by atoms with van der Waals surface area (Å²) in [4.78, 5) is 26.1. The van der Waals surface area contributed by atoms with Crippen molar-refractivity contribution < 1.29 is 24.3 Å². The van der Waals surface area contributed by atoms with Gasteiger partial charge in [0.05, 0.1) is 17.7 Å². The number of phenols is 1. The summed E-state index contributed by atoms with van der Waals surface area (Å²) >= 11 is 0. The number of rotatable bonds is 8. The summed E-state index contributed by atoms with van der Waals surface area (Å²) in [6.07, 6.45) is 1.17. The normalized spacial score (nSPS) is 10.5. The number of amides is 1. The van der Waals surface area contributed by atoms with Crippen molar-refractivity contribution in [2.24, 2.45) is 5.10 Å². The second kappa shape index (κ2) is 9.77. The summed E-state index contributed by atoms with van der Waals surface area (Å²) in [7, 11) is 1.49. The Bertz CT molecular complexity index is 999. The molecule has 0 saturated carbocycles. The Morgan fingerprint density at radius 2 is 2.24 bits per heavy atom. The number of carbonyl (C=O) groups excluding carboxylic acids is 1. The van der Waals surface area contributed by atoms with Crippen LogP contribution in [-0.4, -0.2) is 40.9 Å². The topological polar surface area (TPSA) is 160 Å². The van der Waals surface area contributed by atoms with Crippen LogP contribution < -0.4 is 10.2 Å². The molecule has 150 valence electrons. The number of hydrogen-bond donors (Lipinski definition) is 2. The minimum atomic E-state index is -0.738. The number of methoxy groups -OCH3 is 1. The Balaban J connectivity index is 2.01. The van der Waals surface area contributed by atoms with Gasteiger partial charge in [-0.15, -0.1) is 0 Å². The Morgan fingerprint density at radius 1 is 1.48 bits per heavy atom. The molecule has 1 amide bonds. The van der Waals surface area contributed by atoms with Gasteiger partial charge in [0.15, 0.2) is 12.4 Å². The third-order valence-corrected chi connectivity index (χ3v) is 3.55. The number of nitrogens with one attached hydrogen (secondary N) is 1. The first-order chi connectivity index (χ1) is 13.8. The minimum absolute atomic E-state index is 0.00726. The zero-order valence-electron chi connectivity index (χ0n) is 15.6. The molecule has 1 aromatic heterocycles. The first-order valence-corrected chi connectivity index (χ1v) is 8.17. The molecule has 0 atom stereocenters. The van der Waals surface area contributed by atoms with Gasteiger partial charge in [0.2, 0.25) is 5.88 Å². The summed E-state index contributed by atoms with van der Waals surface area (Å²) in [5.41, 5.74) is 3.37. The van der Waals surface area contributed by atoms with Crippen molar-refractivity contribution in [3.05, 3.63) is 56.8 Å². The first kappa shape index (κ1) is 21.3. The van der Waals surface area contributed by atoms with Crippen LogP contribution in [0.4, 0.5) is 5.69 Å². The van der Waals surface area contributed by atoms with Crippen molar-refractivity contribution >= 4 is 17.8 Å². The van der Waals surface area contributed by atoms with Crippen LogP contribution >= 0.6 is 0 Å². The summed E-state index contributed by atoms with van der Waals surface area (Å²) in [6.45, 7) is 1.46. The van der Waals surface area contributed by atoms with E-state index in [4.69, 9.17) is 9.47 Å². The molecule has 0 aliphatic carbocycles. The van der Waals surface area contributed by atoms with Gasteiger partial charge in [0.1, 0.15) is 11.6 Å². The maximum absolute atomic E-state index is 11.9. The van der Waals surface area contributed by atoms with Crippen LogP contribution in [0, 0.1) is 28.4 Å². The van der Waals surface area contributed by atoms with Crippen molar-refractivity contribution in [2.45, 2.75) is 13.5 Å². The lowest BCUT2D eigenvalue weighted by Crippen LogP contribution is -2.25. The van der Waals surface area contributed by atoms with Gasteiger partial charge < -0.3 is 14.6 Å². The van der Waals surface area contributed by atoms with E-state index in [9.17, 15) is 25.3 Å². The largest absolute Gasteiger partial charge is 0.502 e. The van der Waals surface area contributed by atoms with E-state index in [1.165, 1.54) is 19.4 Å². The average molecular weight is 399 g/mol. The summed E-state index contributed by atoms with van der Waals surface area (Å²) in [5.74, 6) is -1.10. The molecule has 0 saturated heterocycles. The summed E-state index contributed by atoms with van der Waals surface area (Å²) < 4.78 is 10.4. The molecule has 0 fully saturated rings. The number of nitro groups is 1. The monoisotopic (exact) mass is 399 g/mol. The van der Waals surface area contributed by atoms with Gasteiger partial charge in [-0.25, -0.2) is 10.4 Å². The molecule has 1 aromatic carbocycles. The number of nitriles is 1. The van der Waals surface area contributed by atoms with Crippen molar-refractivity contribution in [3.8, 4) is 17.7 Å². The third-order valence-electron chi connectivity index (χ3n) is 3.55. The van der Waals surface area contributed by atoms with Crippen molar-refractivity contribution in [1.82, 2.24) is 10.4 Å². The van der Waals surface area contributed by atoms with Crippen molar-refractivity contribution in [2.75, 3.05) is 13.7 Å². The van der Waals surface area contributed by atoms with Crippen molar-refractivity contribution in [1.29, 1.82) is 5.26 Å². The van der Waals surface area contributed by atoms with Crippen LogP contribution in [0.3, 0.4) is 0 Å². The molecule has 0 bridgehead atoms. The van der Waals surface area contributed by atoms with Crippen LogP contribution in [0.2, 0.25) is 0 Å². The number of aromatic nitrogens is 1. The molecular weight excluding hydrogens is 382 g/mol. The van der Waals surface area contributed by atoms with Gasteiger partial charge in [-0.05, 0) is 25.1 Å². The smallest absolute Gasteiger partial charge is 0.311 e. The molecule has 2 N–H and O–H groups in total. The lowest BCUT2D eigenvalue weighted by Gasteiger charge is -2.10. The standard InChI is InChI=1S/C18H17N5O6/c1-11-5-13(9-28-2)14(7-19)18(21-11)29-10-17(25)22-20-8-12-3-4-16(24)15(6-12)23(26)27/h3-6,8,24H,9-10H2,1-2H3,(H,22,25)/b20-8-. The van der Waals surface area contributed by atoms with E-state index in [2.05, 4.69) is 15.5 Å². The SMILES string of the molecule is COCc1cc(C)nc(OCC(=O)N/N=C\c2ccc(O)c([N+](=O)[O-])c2)c1C#N. The number of ether oxygens (including phenoxy) is 2. The molecule has 29 heavy (non-hydrogen) atoms. The van der Waals surface area contributed by atoms with E-state index in [0.29, 0.717) is 16.8 Å². The number of pyridine rings is 1. The van der Waals surface area contributed by atoms with Gasteiger partial charge in [-0.3, -0.25) is 14.9 Å². The fourth-order valence-electron chi connectivity index (χ4n) is 2.32. The van der Waals surface area contributed by atoms with Crippen LogP contribution in [-0.2, 0) is 16.1 Å². The van der Waals surface area contributed by atoms with E-state index in [1.807, 2.05) is 6.07 Å². The zero-order chi connectivity index (χ0) is 21.4. The number of aromatic hydroxyl groups is 1. The van der Waals surface area contributed by atoms with Gasteiger partial charge in [-0.2, -0.15) is 10.4 Å². The summed E-state index contributed by atoms with van der Waals surface area (Å²) in [6, 6.07) is 7.31. The molecule has 11 nitrogen and oxygen atoms in total. The number of aryl methyl sites for hydroxylation is 1. The summed E-state index contributed by atoms with van der Waals surface area (Å²) in [5, 5.41) is 33.2. The number of nitrogens with zero attached hydrogens (tertiary/aromatic N) is 4. The molecule has 2 aromatic rings. The Labute approximate surface area is 165 Å². The Hall–Kier alpha value is -4.04. The van der Waals surface area contributed by atoms with Gasteiger partial charge in [0.25, 0.3) is 5.91 Å². The zero-order valence-corrected chi connectivity index (χ0v) is 15.6. The van der Waals surface area contributed by atoms with E-state index >= 15 is 0 Å². The quantitative estimate of drug-likeness (QED) is 0.384. The predicted molar refractivity (Wildman–Crippen MR) is 100 cm³/mol. The number of carbonyl (C=O) groups is 1. The highest BCUT2D eigenvalue weighted by Crippen LogP contribution is 2.25. The van der Waals surface area contributed by atoms with Crippen LogP contribution in [0.1, 0.15) is 22.4 Å². The van der Waals surface area contributed by atoms with Crippen LogP contribution in [0.25, 0.3) is 0 Å². The van der Waals surface area contributed by atoms with E-state index in [-0.39, 0.29) is 18.1 Å². The highest BCUT2D eigenvalue weighted by atomic mass is 16.6. The predicted octanol–water partition coefficient (Wildman–Crippen LogP) is 1.55. The molecule has 0 unspecified atom stereocenters. The number of phenolic OH excluding ortho intramolecular Hbond substituents is 1. The second-order valence-corrected chi connectivity index (χ2v) is 5.73. The van der Waals surface area contributed by atoms with E-state index in [1.54, 1.807) is 13.0 Å². The van der Waals surface area contributed by atoms with Gasteiger partial charge in [-0.1, -0.05) is 0 Å². The fourth-order valence-corrected chi connectivity index (χ4v) is 2.32. The number of nitro benzene ring substituents is 1. The molecule has 0 radical (unpaired) electrons. The van der Waals surface area contributed by atoms with Crippen LogP contribution in [0.15, 0.2) is 29.4 Å².